The largest absolute Gasteiger partial charge is 0.444 e. The summed E-state index contributed by atoms with van der Waals surface area (Å²) in [7, 11) is 0. The van der Waals surface area contributed by atoms with Crippen LogP contribution in [0, 0.1) is 5.82 Å². The molecule has 1 amide bonds. The summed E-state index contributed by atoms with van der Waals surface area (Å²) in [5.74, 6) is -1.08. The fourth-order valence-corrected chi connectivity index (χ4v) is 3.04. The summed E-state index contributed by atoms with van der Waals surface area (Å²) in [5.41, 5.74) is 4.82. The number of rotatable bonds is 7. The van der Waals surface area contributed by atoms with E-state index in [2.05, 4.69) is 0 Å². The van der Waals surface area contributed by atoms with Gasteiger partial charge in [-0.2, -0.15) is 13.2 Å². The van der Waals surface area contributed by atoms with E-state index in [4.69, 9.17) is 10.5 Å². The molecule has 0 fully saturated rings. The second-order valence-electron chi connectivity index (χ2n) is 8.63. The van der Waals surface area contributed by atoms with Crippen LogP contribution in [0.5, 0.6) is 0 Å². The zero-order valence-electron chi connectivity index (χ0n) is 18.2. The van der Waals surface area contributed by atoms with Gasteiger partial charge in [-0.25, -0.2) is 9.18 Å². The molecular formula is C23H28F4N2O3. The Morgan fingerprint density at radius 1 is 1.09 bits per heavy atom. The quantitative estimate of drug-likeness (QED) is 0.601. The molecule has 0 saturated carbocycles. The molecule has 0 radical (unpaired) electrons. The Morgan fingerprint density at radius 3 is 2.28 bits per heavy atom. The van der Waals surface area contributed by atoms with Crippen molar-refractivity contribution in [3.8, 4) is 0 Å². The van der Waals surface area contributed by atoms with Crippen molar-refractivity contribution in [1.29, 1.82) is 0 Å². The van der Waals surface area contributed by atoms with E-state index in [9.17, 15) is 27.5 Å². The van der Waals surface area contributed by atoms with Crippen molar-refractivity contribution in [3.05, 3.63) is 71.0 Å². The van der Waals surface area contributed by atoms with Gasteiger partial charge in [-0.15, -0.1) is 0 Å². The zero-order valence-corrected chi connectivity index (χ0v) is 18.2. The van der Waals surface area contributed by atoms with Crippen LogP contribution >= 0.6 is 0 Å². The minimum absolute atomic E-state index is 0.0907. The van der Waals surface area contributed by atoms with Gasteiger partial charge in [0.05, 0.1) is 18.2 Å². The van der Waals surface area contributed by atoms with E-state index < -0.39 is 47.9 Å². The van der Waals surface area contributed by atoms with Gasteiger partial charge in [-0.3, -0.25) is 0 Å². The van der Waals surface area contributed by atoms with Crippen molar-refractivity contribution >= 4 is 6.09 Å². The number of benzene rings is 2. The topological polar surface area (TPSA) is 75.8 Å². The van der Waals surface area contributed by atoms with E-state index in [0.717, 1.165) is 22.6 Å². The molecule has 0 aromatic heterocycles. The molecule has 176 valence electrons. The predicted octanol–water partition coefficient (Wildman–Crippen LogP) is 4.51. The number of hydrogen-bond donors (Lipinski definition) is 2. The van der Waals surface area contributed by atoms with Gasteiger partial charge in [-0.1, -0.05) is 30.3 Å². The standard InChI is InChI=1S/C23H28F4N2O3/c1-22(2,3)32-21(31)29(13-16-9-17(23(25,26)27)12-18(24)10-16)14-20(30)19(28)11-15-7-5-4-6-8-15/h4-10,12,19-20,30H,11,13-14,28H2,1-3H3/t19?,20-/m1/s1. The van der Waals surface area contributed by atoms with Crippen LogP contribution in [0.3, 0.4) is 0 Å². The molecule has 5 nitrogen and oxygen atoms in total. The number of nitrogens with two attached hydrogens (primary N) is 1. The lowest BCUT2D eigenvalue weighted by atomic mass is 10.0. The molecule has 0 aliphatic rings. The summed E-state index contributed by atoms with van der Waals surface area (Å²) in [4.78, 5) is 13.7. The lowest BCUT2D eigenvalue weighted by molar-refractivity contribution is -0.137. The van der Waals surface area contributed by atoms with E-state index in [0.29, 0.717) is 12.5 Å². The first-order valence-corrected chi connectivity index (χ1v) is 10.1. The highest BCUT2D eigenvalue weighted by atomic mass is 19.4. The van der Waals surface area contributed by atoms with Crippen LogP contribution in [0.1, 0.15) is 37.5 Å². The molecule has 0 heterocycles. The Kier molecular flexibility index (Phi) is 8.25. The minimum atomic E-state index is -4.74. The van der Waals surface area contributed by atoms with Crippen LogP contribution < -0.4 is 5.73 Å². The molecule has 32 heavy (non-hydrogen) atoms. The monoisotopic (exact) mass is 456 g/mol. The number of nitrogens with zero attached hydrogens (tertiary/aromatic N) is 1. The van der Waals surface area contributed by atoms with Gasteiger partial charge in [0.2, 0.25) is 0 Å². The third kappa shape index (κ3) is 8.12. The number of aliphatic hydroxyl groups is 1. The Bertz CT molecular complexity index is 898. The highest BCUT2D eigenvalue weighted by Gasteiger charge is 2.32. The normalized spacial score (nSPS) is 14.0. The second kappa shape index (κ2) is 10.3. The summed E-state index contributed by atoms with van der Waals surface area (Å²) < 4.78 is 58.3. The molecule has 0 bridgehead atoms. The maximum Gasteiger partial charge on any atom is 0.416 e. The highest BCUT2D eigenvalue weighted by molar-refractivity contribution is 5.68. The van der Waals surface area contributed by atoms with Crippen molar-refractivity contribution in [2.24, 2.45) is 5.73 Å². The summed E-state index contributed by atoms with van der Waals surface area (Å²) in [5, 5.41) is 10.6. The Balaban J connectivity index is 2.23. The van der Waals surface area contributed by atoms with Gasteiger partial charge in [0.1, 0.15) is 11.4 Å². The molecule has 0 saturated heterocycles. The average Bonchev–Trinajstić information content (AvgIpc) is 2.65. The van der Waals surface area contributed by atoms with Crippen molar-refractivity contribution in [2.45, 2.75) is 57.7 Å². The lowest BCUT2D eigenvalue weighted by Crippen LogP contribution is -2.47. The number of alkyl halides is 3. The van der Waals surface area contributed by atoms with Crippen LogP contribution in [0.25, 0.3) is 0 Å². The van der Waals surface area contributed by atoms with E-state index in [-0.39, 0.29) is 12.1 Å². The number of ether oxygens (including phenoxy) is 1. The highest BCUT2D eigenvalue weighted by Crippen LogP contribution is 2.31. The fourth-order valence-electron chi connectivity index (χ4n) is 3.04. The van der Waals surface area contributed by atoms with Crippen LogP contribution in [-0.2, 0) is 23.9 Å². The molecule has 2 atom stereocenters. The molecule has 0 aliphatic carbocycles. The third-order valence-electron chi connectivity index (χ3n) is 4.53. The van der Waals surface area contributed by atoms with Crippen LogP contribution in [0.4, 0.5) is 22.4 Å². The first-order chi connectivity index (χ1) is 14.7. The van der Waals surface area contributed by atoms with Crippen molar-refractivity contribution in [1.82, 2.24) is 4.90 Å². The summed E-state index contributed by atoms with van der Waals surface area (Å²) in [6.07, 6.45) is -6.48. The lowest BCUT2D eigenvalue weighted by Gasteiger charge is -2.30. The number of halogens is 4. The first kappa shape index (κ1) is 25.6. The SMILES string of the molecule is CC(C)(C)OC(=O)N(Cc1cc(F)cc(C(F)(F)F)c1)C[C@@H](O)C(N)Cc1ccccc1. The second-order valence-corrected chi connectivity index (χ2v) is 8.63. The third-order valence-corrected chi connectivity index (χ3v) is 4.53. The zero-order chi connectivity index (χ0) is 24.1. The van der Waals surface area contributed by atoms with Gasteiger partial charge in [0.25, 0.3) is 0 Å². The molecular weight excluding hydrogens is 428 g/mol. The fraction of sp³-hybridized carbons (Fsp3) is 0.435. The van der Waals surface area contributed by atoms with Gasteiger partial charge < -0.3 is 20.5 Å². The molecule has 3 N–H and O–H groups in total. The molecule has 1 unspecified atom stereocenters. The van der Waals surface area contributed by atoms with Crippen LogP contribution in [0.15, 0.2) is 48.5 Å². The average molecular weight is 456 g/mol. The molecule has 2 aromatic carbocycles. The molecule has 0 aliphatic heterocycles. The maximum atomic E-state index is 13.8. The Hall–Kier alpha value is -2.65. The maximum absolute atomic E-state index is 13.8. The summed E-state index contributed by atoms with van der Waals surface area (Å²) in [6, 6.07) is 10.5. The van der Waals surface area contributed by atoms with Gasteiger partial charge in [-0.05, 0) is 56.5 Å². The predicted molar refractivity (Wildman–Crippen MR) is 112 cm³/mol. The number of aliphatic hydroxyl groups excluding tert-OH is 1. The van der Waals surface area contributed by atoms with Crippen molar-refractivity contribution in [3.63, 3.8) is 0 Å². The van der Waals surface area contributed by atoms with Crippen LogP contribution in [0.2, 0.25) is 0 Å². The number of carbonyl (C=O) groups excluding carboxylic acids is 1. The van der Waals surface area contributed by atoms with Gasteiger partial charge in [0, 0.05) is 12.6 Å². The van der Waals surface area contributed by atoms with Crippen molar-refractivity contribution < 1.29 is 32.2 Å². The molecule has 2 rings (SSSR count). The van der Waals surface area contributed by atoms with E-state index >= 15 is 0 Å². The minimum Gasteiger partial charge on any atom is -0.444 e. The molecule has 2 aromatic rings. The smallest absolute Gasteiger partial charge is 0.416 e. The summed E-state index contributed by atoms with van der Waals surface area (Å²) in [6.45, 7) is 4.19. The van der Waals surface area contributed by atoms with Gasteiger partial charge >= 0.3 is 12.3 Å². The Labute approximate surface area is 184 Å². The molecule has 9 heteroatoms. The van der Waals surface area contributed by atoms with E-state index in [1.807, 2.05) is 30.3 Å². The Morgan fingerprint density at radius 2 is 1.72 bits per heavy atom. The van der Waals surface area contributed by atoms with Crippen LogP contribution in [-0.4, -0.2) is 40.4 Å². The van der Waals surface area contributed by atoms with E-state index in [1.54, 1.807) is 20.8 Å². The molecule has 0 spiro atoms. The number of hydrogen-bond acceptors (Lipinski definition) is 4. The number of carbonyl (C=O) groups is 1. The van der Waals surface area contributed by atoms with Gasteiger partial charge in [0.15, 0.2) is 0 Å². The van der Waals surface area contributed by atoms with E-state index in [1.165, 1.54) is 0 Å². The first-order valence-electron chi connectivity index (χ1n) is 10.1. The summed E-state index contributed by atoms with van der Waals surface area (Å²) >= 11 is 0. The van der Waals surface area contributed by atoms with Crippen molar-refractivity contribution in [2.75, 3.05) is 6.54 Å². The number of amides is 1.